The van der Waals surface area contributed by atoms with Crippen molar-refractivity contribution in [3.05, 3.63) is 35.9 Å². The molecule has 1 aromatic carbocycles. The second kappa shape index (κ2) is 8.06. The Balaban J connectivity index is 1.78. The van der Waals surface area contributed by atoms with Crippen LogP contribution in [-0.4, -0.2) is 56.7 Å². The highest BCUT2D eigenvalue weighted by Gasteiger charge is 2.41. The van der Waals surface area contributed by atoms with Crippen LogP contribution in [0.25, 0.3) is 5.69 Å². The lowest BCUT2D eigenvalue weighted by Crippen LogP contribution is -2.64. The average Bonchev–Trinajstić information content (AvgIpc) is 3.14. The van der Waals surface area contributed by atoms with Gasteiger partial charge in [-0.25, -0.2) is 9.67 Å². The maximum Gasteiger partial charge on any atom is 0.240 e. The minimum atomic E-state index is -0.687. The summed E-state index contributed by atoms with van der Waals surface area (Å²) in [6.45, 7) is 5.20. The van der Waals surface area contributed by atoms with Crippen LogP contribution >= 0.6 is 11.6 Å². The smallest absolute Gasteiger partial charge is 0.240 e. The molecule has 0 saturated carbocycles. The van der Waals surface area contributed by atoms with Gasteiger partial charge in [0.05, 0.1) is 23.5 Å². The van der Waals surface area contributed by atoms with Crippen molar-refractivity contribution in [3.8, 4) is 5.69 Å². The van der Waals surface area contributed by atoms with Gasteiger partial charge < -0.3 is 10.6 Å². The van der Waals surface area contributed by atoms with Crippen LogP contribution < -0.4 is 10.6 Å². The summed E-state index contributed by atoms with van der Waals surface area (Å²) in [5, 5.41) is 10.4. The number of hydrogen-bond donors (Lipinski definition) is 2. The number of carbonyl (C=O) groups is 2. The first-order chi connectivity index (χ1) is 12.9. The van der Waals surface area contributed by atoms with Crippen LogP contribution in [0.5, 0.6) is 0 Å². The highest BCUT2D eigenvalue weighted by molar-refractivity contribution is 6.31. The van der Waals surface area contributed by atoms with Gasteiger partial charge in [-0.05, 0) is 31.5 Å². The Kier molecular flexibility index (Phi) is 5.76. The largest absolute Gasteiger partial charge is 0.353 e. The van der Waals surface area contributed by atoms with Gasteiger partial charge in [-0.15, -0.1) is 0 Å². The number of halogens is 1. The quantitative estimate of drug-likeness (QED) is 0.785. The Morgan fingerprint density at radius 2 is 2.26 bits per heavy atom. The molecule has 0 spiro atoms. The van der Waals surface area contributed by atoms with Crippen LogP contribution in [-0.2, 0) is 9.59 Å². The molecule has 2 heterocycles. The molecule has 144 valence electrons. The summed E-state index contributed by atoms with van der Waals surface area (Å²) in [7, 11) is 0. The number of piperazine rings is 1. The highest BCUT2D eigenvalue weighted by atomic mass is 35.5. The fourth-order valence-electron chi connectivity index (χ4n) is 3.40. The zero-order chi connectivity index (χ0) is 19.4. The molecule has 1 aromatic heterocycles. The Morgan fingerprint density at radius 1 is 1.44 bits per heavy atom. The number of rotatable bonds is 6. The van der Waals surface area contributed by atoms with Crippen LogP contribution in [0.1, 0.15) is 26.7 Å². The van der Waals surface area contributed by atoms with Crippen molar-refractivity contribution >= 4 is 29.1 Å². The van der Waals surface area contributed by atoms with Crippen LogP contribution in [0.4, 0.5) is 5.69 Å². The summed E-state index contributed by atoms with van der Waals surface area (Å²) in [6.07, 6.45) is 4.51. The first-order valence-electron chi connectivity index (χ1n) is 8.92. The van der Waals surface area contributed by atoms with E-state index in [1.807, 2.05) is 18.7 Å². The van der Waals surface area contributed by atoms with E-state index in [9.17, 15) is 9.59 Å². The molecule has 1 aliphatic heterocycles. The molecule has 1 fully saturated rings. The third kappa shape index (κ3) is 4.12. The van der Waals surface area contributed by atoms with Crippen molar-refractivity contribution < 1.29 is 9.59 Å². The predicted molar refractivity (Wildman–Crippen MR) is 103 cm³/mol. The molecule has 0 bridgehead atoms. The third-order valence-corrected chi connectivity index (χ3v) is 5.06. The van der Waals surface area contributed by atoms with Crippen LogP contribution in [0.15, 0.2) is 30.9 Å². The Labute approximate surface area is 162 Å². The molecule has 2 amide bonds. The van der Waals surface area contributed by atoms with Crippen LogP contribution in [0.2, 0.25) is 5.02 Å². The molecule has 1 aliphatic rings. The normalized spacial score (nSPS) is 20.3. The van der Waals surface area contributed by atoms with E-state index in [0.29, 0.717) is 35.9 Å². The fraction of sp³-hybridized carbons (Fsp3) is 0.444. The number of hydrogen-bond acceptors (Lipinski definition) is 5. The monoisotopic (exact) mass is 390 g/mol. The van der Waals surface area contributed by atoms with E-state index >= 15 is 0 Å². The van der Waals surface area contributed by atoms with Gasteiger partial charge in [-0.2, -0.15) is 5.10 Å². The summed E-state index contributed by atoms with van der Waals surface area (Å²) >= 11 is 6.10. The fourth-order valence-corrected chi connectivity index (χ4v) is 3.57. The lowest BCUT2D eigenvalue weighted by atomic mass is 9.90. The molecule has 2 aromatic rings. The summed E-state index contributed by atoms with van der Waals surface area (Å²) in [6, 6.07) is 5.16. The first kappa shape index (κ1) is 19.3. The van der Waals surface area contributed by atoms with Crippen molar-refractivity contribution in [2.75, 3.05) is 25.0 Å². The van der Waals surface area contributed by atoms with Gasteiger partial charge in [-0.3, -0.25) is 14.5 Å². The maximum absolute atomic E-state index is 12.7. The lowest BCUT2D eigenvalue weighted by molar-refractivity contribution is -0.138. The molecular weight excluding hydrogens is 368 g/mol. The standard InChI is InChI=1S/C18H23ClN6O2/c1-3-6-18(2)17(27)21-7-8-24(18)10-16(26)23-14-9-13(19)4-5-15(14)25-12-20-11-22-25/h4-5,9,11-12H,3,6-8,10H2,1-2H3,(H,21,27)(H,23,26)/t18-/m1/s1. The number of benzene rings is 1. The van der Waals surface area contributed by atoms with Gasteiger partial charge in [0.25, 0.3) is 0 Å². The van der Waals surface area contributed by atoms with Gasteiger partial charge in [-0.1, -0.05) is 24.9 Å². The lowest BCUT2D eigenvalue weighted by Gasteiger charge is -2.43. The van der Waals surface area contributed by atoms with E-state index in [1.54, 1.807) is 29.2 Å². The molecule has 0 radical (unpaired) electrons. The van der Waals surface area contributed by atoms with Gasteiger partial charge in [0, 0.05) is 18.1 Å². The first-order valence-corrected chi connectivity index (χ1v) is 9.29. The Morgan fingerprint density at radius 3 is 2.96 bits per heavy atom. The topological polar surface area (TPSA) is 92.2 Å². The highest BCUT2D eigenvalue weighted by Crippen LogP contribution is 2.26. The number of amides is 2. The van der Waals surface area contributed by atoms with Gasteiger partial charge in [0.15, 0.2) is 0 Å². The number of nitrogens with one attached hydrogen (secondary N) is 2. The Hall–Kier alpha value is -2.45. The molecule has 1 saturated heterocycles. The number of anilines is 1. The third-order valence-electron chi connectivity index (χ3n) is 4.82. The van der Waals surface area contributed by atoms with Gasteiger partial charge in [0.2, 0.25) is 11.8 Å². The summed E-state index contributed by atoms with van der Waals surface area (Å²) < 4.78 is 1.56. The molecular formula is C18H23ClN6O2. The van der Waals surface area contributed by atoms with E-state index in [1.165, 1.54) is 6.33 Å². The minimum absolute atomic E-state index is 0.0329. The van der Waals surface area contributed by atoms with Crippen molar-refractivity contribution in [3.63, 3.8) is 0 Å². The number of carbonyl (C=O) groups excluding carboxylic acids is 2. The number of aromatic nitrogens is 3. The molecule has 1 atom stereocenters. The molecule has 9 heteroatoms. The molecule has 3 rings (SSSR count). The van der Waals surface area contributed by atoms with E-state index in [-0.39, 0.29) is 18.4 Å². The van der Waals surface area contributed by atoms with Crippen molar-refractivity contribution in [1.82, 2.24) is 25.0 Å². The van der Waals surface area contributed by atoms with E-state index in [4.69, 9.17) is 11.6 Å². The molecule has 0 unspecified atom stereocenters. The predicted octanol–water partition coefficient (Wildman–Crippen LogP) is 1.85. The van der Waals surface area contributed by atoms with Gasteiger partial charge in [0.1, 0.15) is 12.7 Å². The van der Waals surface area contributed by atoms with Crippen LogP contribution in [0.3, 0.4) is 0 Å². The summed E-state index contributed by atoms with van der Waals surface area (Å²) in [4.78, 5) is 31.0. The molecule has 0 aliphatic carbocycles. The van der Waals surface area contributed by atoms with Crippen molar-refractivity contribution in [1.29, 1.82) is 0 Å². The second-order valence-electron chi connectivity index (χ2n) is 6.75. The van der Waals surface area contributed by atoms with E-state index in [0.717, 1.165) is 6.42 Å². The molecule has 8 nitrogen and oxygen atoms in total. The average molecular weight is 391 g/mol. The zero-order valence-electron chi connectivity index (χ0n) is 15.4. The molecule has 27 heavy (non-hydrogen) atoms. The summed E-state index contributed by atoms with van der Waals surface area (Å²) in [5.41, 5.74) is 0.516. The van der Waals surface area contributed by atoms with E-state index < -0.39 is 5.54 Å². The maximum atomic E-state index is 12.7. The van der Waals surface area contributed by atoms with Crippen LogP contribution in [0, 0.1) is 0 Å². The molecule has 2 N–H and O–H groups in total. The Bertz CT molecular complexity index is 825. The second-order valence-corrected chi connectivity index (χ2v) is 7.19. The van der Waals surface area contributed by atoms with Crippen molar-refractivity contribution in [2.24, 2.45) is 0 Å². The minimum Gasteiger partial charge on any atom is -0.353 e. The van der Waals surface area contributed by atoms with Gasteiger partial charge >= 0.3 is 0 Å². The zero-order valence-corrected chi connectivity index (χ0v) is 16.2. The van der Waals surface area contributed by atoms with E-state index in [2.05, 4.69) is 20.7 Å². The SMILES string of the molecule is CCC[C@]1(C)C(=O)NCCN1CC(=O)Nc1cc(Cl)ccc1-n1cncn1. The summed E-state index contributed by atoms with van der Waals surface area (Å²) in [5.74, 6) is -0.245. The van der Waals surface area contributed by atoms with Crippen molar-refractivity contribution in [2.45, 2.75) is 32.2 Å². The number of nitrogens with zero attached hydrogens (tertiary/aromatic N) is 4.